The largest absolute Gasteiger partial charge is 0.296 e. The topological polar surface area (TPSA) is 17.8 Å². The maximum absolute atomic E-state index is 13.4. The van der Waals surface area contributed by atoms with Crippen LogP contribution in [0.5, 0.6) is 0 Å². The van der Waals surface area contributed by atoms with Gasteiger partial charge in [-0.05, 0) is 24.3 Å². The maximum atomic E-state index is 13.4. The van der Waals surface area contributed by atoms with Gasteiger partial charge in [0.1, 0.15) is 23.3 Å². The van der Waals surface area contributed by atoms with Crippen LogP contribution < -0.4 is 0 Å². The van der Waals surface area contributed by atoms with E-state index in [2.05, 4.69) is 4.98 Å². The Morgan fingerprint density at radius 2 is 1.67 bits per heavy atom. The number of hydrogen-bond donors (Lipinski definition) is 0. The van der Waals surface area contributed by atoms with Crippen molar-refractivity contribution in [2.24, 2.45) is 0 Å². The molecule has 2 nitrogen and oxygen atoms in total. The number of halogens is 4. The molecule has 1 heterocycles. The molecule has 3 aromatic rings. The van der Waals surface area contributed by atoms with E-state index in [9.17, 15) is 13.2 Å². The van der Waals surface area contributed by atoms with Crippen molar-refractivity contribution in [3.05, 3.63) is 59.7 Å². The minimum absolute atomic E-state index is 0.293. The maximum Gasteiger partial charge on any atom is 0.128 e. The van der Waals surface area contributed by atoms with Crippen molar-refractivity contribution in [2.75, 3.05) is 5.88 Å². The molecule has 0 spiro atoms. The Hall–Kier alpha value is -2.01. The highest BCUT2D eigenvalue weighted by Gasteiger charge is 2.14. The molecular formula is C15H10ClF3N2. The fourth-order valence-electron chi connectivity index (χ4n) is 2.31. The molecule has 0 radical (unpaired) electrons. The fourth-order valence-corrected chi connectivity index (χ4v) is 2.48. The normalized spacial score (nSPS) is 11.2. The third kappa shape index (κ3) is 2.61. The molecule has 0 bridgehead atoms. The molecule has 6 heteroatoms. The molecule has 0 N–H and O–H groups in total. The predicted octanol–water partition coefficient (Wildman–Crippen LogP) is 4.22. The van der Waals surface area contributed by atoms with Gasteiger partial charge in [0.15, 0.2) is 0 Å². The lowest BCUT2D eigenvalue weighted by Gasteiger charge is -2.09. The third-order valence-corrected chi connectivity index (χ3v) is 3.30. The van der Waals surface area contributed by atoms with Crippen LogP contribution in [0.1, 0.15) is 5.82 Å². The summed E-state index contributed by atoms with van der Waals surface area (Å²) in [6.45, 7) is 0. The van der Waals surface area contributed by atoms with Crippen LogP contribution in [0.4, 0.5) is 13.2 Å². The molecular weight excluding hydrogens is 301 g/mol. The van der Waals surface area contributed by atoms with E-state index in [0.717, 1.165) is 6.07 Å². The Morgan fingerprint density at radius 3 is 2.33 bits per heavy atom. The van der Waals surface area contributed by atoms with Crippen molar-refractivity contribution in [2.45, 2.75) is 6.42 Å². The van der Waals surface area contributed by atoms with Crippen LogP contribution in [-0.4, -0.2) is 15.4 Å². The van der Waals surface area contributed by atoms with E-state index in [1.165, 1.54) is 30.3 Å². The summed E-state index contributed by atoms with van der Waals surface area (Å²) in [7, 11) is 0. The Kier molecular flexibility index (Phi) is 3.59. The molecule has 3 rings (SSSR count). The van der Waals surface area contributed by atoms with E-state index in [0.29, 0.717) is 34.8 Å². The second kappa shape index (κ2) is 5.41. The number of alkyl halides is 1. The molecule has 0 aliphatic carbocycles. The molecule has 0 unspecified atom stereocenters. The molecule has 0 saturated heterocycles. The summed E-state index contributed by atoms with van der Waals surface area (Å²) in [5.41, 5.74) is 1.28. The van der Waals surface area contributed by atoms with Gasteiger partial charge >= 0.3 is 0 Å². The smallest absolute Gasteiger partial charge is 0.128 e. The number of rotatable bonds is 3. The highest BCUT2D eigenvalue weighted by atomic mass is 35.5. The Balaban J connectivity index is 2.30. The van der Waals surface area contributed by atoms with E-state index in [1.807, 2.05) is 0 Å². The monoisotopic (exact) mass is 310 g/mol. The first-order chi connectivity index (χ1) is 10.1. The van der Waals surface area contributed by atoms with Gasteiger partial charge in [0.25, 0.3) is 0 Å². The van der Waals surface area contributed by atoms with Crippen LogP contribution in [-0.2, 0) is 6.42 Å². The predicted molar refractivity (Wildman–Crippen MR) is 75.4 cm³/mol. The van der Waals surface area contributed by atoms with E-state index < -0.39 is 17.5 Å². The van der Waals surface area contributed by atoms with Crippen molar-refractivity contribution in [3.63, 3.8) is 0 Å². The highest BCUT2D eigenvalue weighted by molar-refractivity contribution is 6.17. The van der Waals surface area contributed by atoms with Gasteiger partial charge in [-0.15, -0.1) is 11.6 Å². The summed E-state index contributed by atoms with van der Waals surface area (Å²) in [6, 6.07) is 7.28. The highest BCUT2D eigenvalue weighted by Crippen LogP contribution is 2.24. The molecule has 0 amide bonds. The van der Waals surface area contributed by atoms with Gasteiger partial charge < -0.3 is 0 Å². The minimum atomic E-state index is -0.689. The second-order valence-corrected chi connectivity index (χ2v) is 4.94. The van der Waals surface area contributed by atoms with Gasteiger partial charge in [-0.3, -0.25) is 4.57 Å². The zero-order valence-corrected chi connectivity index (χ0v) is 11.5. The molecule has 0 saturated carbocycles. The van der Waals surface area contributed by atoms with Crippen LogP contribution in [0.15, 0.2) is 36.4 Å². The first-order valence-corrected chi connectivity index (χ1v) is 6.81. The number of imidazole rings is 1. The molecule has 1 aromatic heterocycles. The number of fused-ring (bicyclic) bond motifs is 1. The molecule has 0 aliphatic rings. The lowest BCUT2D eigenvalue weighted by molar-refractivity contribution is 0.581. The summed E-state index contributed by atoms with van der Waals surface area (Å²) < 4.78 is 41.8. The lowest BCUT2D eigenvalue weighted by Crippen LogP contribution is -2.03. The fraction of sp³-hybridized carbons (Fsp3) is 0.133. The van der Waals surface area contributed by atoms with Gasteiger partial charge in [0, 0.05) is 24.4 Å². The van der Waals surface area contributed by atoms with E-state index in [-0.39, 0.29) is 0 Å². The van der Waals surface area contributed by atoms with Crippen molar-refractivity contribution in [1.82, 2.24) is 9.55 Å². The van der Waals surface area contributed by atoms with Crippen LogP contribution in [0.3, 0.4) is 0 Å². The standard InChI is InChI=1S/C15H10ClF3N2/c16-4-3-15-20-13-8-9(17)1-2-14(13)21(15)12-6-10(18)5-11(19)7-12/h1-2,5-8H,3-4H2. The molecule has 21 heavy (non-hydrogen) atoms. The number of hydrogen-bond acceptors (Lipinski definition) is 1. The quantitative estimate of drug-likeness (QED) is 0.662. The van der Waals surface area contributed by atoms with E-state index in [1.54, 1.807) is 4.57 Å². The van der Waals surface area contributed by atoms with Crippen LogP contribution in [0.25, 0.3) is 16.7 Å². The van der Waals surface area contributed by atoms with E-state index in [4.69, 9.17) is 11.6 Å². The van der Waals surface area contributed by atoms with Gasteiger partial charge in [-0.25, -0.2) is 18.2 Å². The Bertz CT molecular complexity index is 794. The summed E-state index contributed by atoms with van der Waals surface area (Å²) in [5, 5.41) is 0. The molecule has 0 atom stereocenters. The third-order valence-electron chi connectivity index (χ3n) is 3.11. The average Bonchev–Trinajstić information content (AvgIpc) is 2.75. The summed E-state index contributed by atoms with van der Waals surface area (Å²) >= 11 is 5.74. The number of aryl methyl sites for hydroxylation is 1. The van der Waals surface area contributed by atoms with Crippen molar-refractivity contribution < 1.29 is 13.2 Å². The minimum Gasteiger partial charge on any atom is -0.296 e. The number of nitrogens with zero attached hydrogens (tertiary/aromatic N) is 2. The molecule has 108 valence electrons. The van der Waals surface area contributed by atoms with Gasteiger partial charge in [0.05, 0.1) is 16.7 Å². The van der Waals surface area contributed by atoms with E-state index >= 15 is 0 Å². The first-order valence-electron chi connectivity index (χ1n) is 6.28. The van der Waals surface area contributed by atoms with Crippen LogP contribution >= 0.6 is 11.6 Å². The SMILES string of the molecule is Fc1cc(F)cc(-n2c(CCCl)nc3cc(F)ccc32)c1. The summed E-state index contributed by atoms with van der Waals surface area (Å²) in [4.78, 5) is 4.29. The average molecular weight is 311 g/mol. The summed E-state index contributed by atoms with van der Waals surface area (Å²) in [6.07, 6.45) is 0.399. The van der Waals surface area contributed by atoms with Crippen LogP contribution in [0.2, 0.25) is 0 Å². The number of benzene rings is 2. The van der Waals surface area contributed by atoms with Crippen molar-refractivity contribution in [3.8, 4) is 5.69 Å². The Labute approximate surface area is 123 Å². The molecule has 2 aromatic carbocycles. The zero-order chi connectivity index (χ0) is 15.0. The lowest BCUT2D eigenvalue weighted by atomic mass is 10.2. The van der Waals surface area contributed by atoms with Gasteiger partial charge in [0.2, 0.25) is 0 Å². The van der Waals surface area contributed by atoms with Gasteiger partial charge in [-0.2, -0.15) is 0 Å². The van der Waals surface area contributed by atoms with Crippen LogP contribution in [0, 0.1) is 17.5 Å². The second-order valence-electron chi connectivity index (χ2n) is 4.56. The first kappa shape index (κ1) is 13.9. The molecule has 0 aliphatic heterocycles. The molecule has 0 fully saturated rings. The Morgan fingerprint density at radius 1 is 0.952 bits per heavy atom. The number of aromatic nitrogens is 2. The van der Waals surface area contributed by atoms with Crippen molar-refractivity contribution >= 4 is 22.6 Å². The summed E-state index contributed by atoms with van der Waals surface area (Å²) in [5.74, 6) is -0.981. The van der Waals surface area contributed by atoms with Gasteiger partial charge in [-0.1, -0.05) is 0 Å². The van der Waals surface area contributed by atoms with Crippen molar-refractivity contribution in [1.29, 1.82) is 0 Å². The zero-order valence-electron chi connectivity index (χ0n) is 10.8.